The van der Waals surface area contributed by atoms with E-state index in [9.17, 15) is 19.2 Å². The molecule has 9 heteroatoms. The average Bonchev–Trinajstić information content (AvgIpc) is 3.25. The maximum Gasteiger partial charge on any atom is 0.409 e. The van der Waals surface area contributed by atoms with Gasteiger partial charge in [-0.3, -0.25) is 19.7 Å². The van der Waals surface area contributed by atoms with Crippen molar-refractivity contribution in [3.63, 3.8) is 0 Å². The summed E-state index contributed by atoms with van der Waals surface area (Å²) >= 11 is 0. The maximum absolute atomic E-state index is 12.9. The number of fused-ring (bicyclic) bond motifs is 1. The molecular weight excluding hydrogens is 484 g/mol. The van der Waals surface area contributed by atoms with E-state index in [0.29, 0.717) is 37.0 Å². The number of rotatable bonds is 4. The monoisotopic (exact) mass is 526 g/mol. The van der Waals surface area contributed by atoms with Crippen LogP contribution in [0, 0.1) is 11.8 Å². The number of carbonyl (C=O) groups is 4. The van der Waals surface area contributed by atoms with Gasteiger partial charge in [0, 0.05) is 50.4 Å². The normalized spacial score (nSPS) is 22.6. The lowest BCUT2D eigenvalue weighted by atomic mass is 9.79. The molecule has 5 rings (SSSR count). The van der Waals surface area contributed by atoms with Crippen molar-refractivity contribution in [2.75, 3.05) is 37.7 Å². The second-order valence-electron chi connectivity index (χ2n) is 10.8. The summed E-state index contributed by atoms with van der Waals surface area (Å²) in [7, 11) is 0. The third kappa shape index (κ3) is 6.13. The van der Waals surface area contributed by atoms with Crippen LogP contribution in [0.2, 0.25) is 0 Å². The number of amides is 4. The summed E-state index contributed by atoms with van der Waals surface area (Å²) < 4.78 is 5.14. The molecule has 4 aliphatic rings. The van der Waals surface area contributed by atoms with Crippen molar-refractivity contribution in [2.45, 2.75) is 78.3 Å². The fraction of sp³-hybridized carbons (Fsp3) is 0.655. The van der Waals surface area contributed by atoms with Crippen molar-refractivity contribution in [2.24, 2.45) is 11.8 Å². The van der Waals surface area contributed by atoms with Gasteiger partial charge in [-0.15, -0.1) is 0 Å². The predicted molar refractivity (Wildman–Crippen MR) is 145 cm³/mol. The molecule has 0 radical (unpaired) electrons. The van der Waals surface area contributed by atoms with E-state index in [1.54, 1.807) is 4.90 Å². The number of carbonyl (C=O) groups excluding carboxylic acids is 4. The van der Waals surface area contributed by atoms with E-state index in [-0.39, 0.29) is 30.2 Å². The largest absolute Gasteiger partial charge is 0.450 e. The molecule has 1 aromatic carbocycles. The second kappa shape index (κ2) is 12.6. The van der Waals surface area contributed by atoms with Crippen LogP contribution in [-0.2, 0) is 20.9 Å². The van der Waals surface area contributed by atoms with E-state index < -0.39 is 6.04 Å². The quantitative estimate of drug-likeness (QED) is 0.597. The van der Waals surface area contributed by atoms with Crippen molar-refractivity contribution < 1.29 is 23.9 Å². The number of nitrogens with zero attached hydrogens (tertiary/aromatic N) is 3. The van der Waals surface area contributed by atoms with Crippen molar-refractivity contribution in [3.05, 3.63) is 29.3 Å². The number of imide groups is 1. The van der Waals surface area contributed by atoms with Crippen molar-refractivity contribution >= 4 is 29.5 Å². The molecule has 208 valence electrons. The third-order valence-corrected chi connectivity index (χ3v) is 8.14. The Morgan fingerprint density at radius 1 is 0.947 bits per heavy atom. The Kier molecular flexibility index (Phi) is 9.28. The standard InChI is InChI=1S/C26H34N4O5.C3H8/c1-2-35-26(34)29-13-9-18(10-14-29)17-7-11-28(12-8-17)20-3-4-21-19(15-20)16-30(25(21)33)22-5-6-23(31)27-24(22)32;1-3-2/h3-4,15,17-18,22H,2,5-14,16H2,1H3,(H,27,31,32);3H2,1-2H3. The summed E-state index contributed by atoms with van der Waals surface area (Å²) in [5.41, 5.74) is 2.73. The zero-order valence-corrected chi connectivity index (χ0v) is 23.0. The molecule has 4 aliphatic heterocycles. The van der Waals surface area contributed by atoms with E-state index in [0.717, 1.165) is 63.1 Å². The summed E-state index contributed by atoms with van der Waals surface area (Å²) in [6.07, 6.45) is 6.04. The summed E-state index contributed by atoms with van der Waals surface area (Å²) in [6.45, 7) is 10.4. The van der Waals surface area contributed by atoms with Gasteiger partial charge in [-0.1, -0.05) is 20.3 Å². The third-order valence-electron chi connectivity index (χ3n) is 8.14. The maximum atomic E-state index is 12.9. The smallest absolute Gasteiger partial charge is 0.409 e. The van der Waals surface area contributed by atoms with Gasteiger partial charge in [-0.2, -0.15) is 0 Å². The molecule has 4 heterocycles. The number of hydrogen-bond donors (Lipinski definition) is 1. The Hall–Kier alpha value is -3.10. The van der Waals surface area contributed by atoms with Gasteiger partial charge in [0.05, 0.1) is 6.61 Å². The first-order valence-corrected chi connectivity index (χ1v) is 14.3. The van der Waals surface area contributed by atoms with Crippen LogP contribution < -0.4 is 10.2 Å². The molecule has 3 fully saturated rings. The topological polar surface area (TPSA) is 99.3 Å². The second-order valence-corrected chi connectivity index (χ2v) is 10.8. The Morgan fingerprint density at radius 3 is 2.18 bits per heavy atom. The molecule has 9 nitrogen and oxygen atoms in total. The van der Waals surface area contributed by atoms with Crippen LogP contribution in [0.5, 0.6) is 0 Å². The number of nitrogens with one attached hydrogen (secondary N) is 1. The summed E-state index contributed by atoms with van der Waals surface area (Å²) in [4.78, 5) is 54.5. The highest BCUT2D eigenvalue weighted by Gasteiger charge is 2.39. The first-order valence-electron chi connectivity index (χ1n) is 14.3. The van der Waals surface area contributed by atoms with Crippen LogP contribution in [-0.4, -0.2) is 72.4 Å². The molecule has 0 saturated carbocycles. The Labute approximate surface area is 225 Å². The van der Waals surface area contributed by atoms with Gasteiger partial charge in [0.2, 0.25) is 11.8 Å². The first-order chi connectivity index (χ1) is 18.4. The predicted octanol–water partition coefficient (Wildman–Crippen LogP) is 3.95. The number of benzene rings is 1. The lowest BCUT2D eigenvalue weighted by molar-refractivity contribution is -0.136. The molecule has 0 bridgehead atoms. The van der Waals surface area contributed by atoms with Gasteiger partial charge >= 0.3 is 6.09 Å². The van der Waals surface area contributed by atoms with Crippen molar-refractivity contribution in [3.8, 4) is 0 Å². The van der Waals surface area contributed by atoms with E-state index in [2.05, 4.69) is 30.1 Å². The Balaban J connectivity index is 0.00000107. The van der Waals surface area contributed by atoms with E-state index in [4.69, 9.17) is 4.74 Å². The number of likely N-dealkylation sites (tertiary alicyclic amines) is 1. The molecule has 1 aromatic rings. The number of anilines is 1. The van der Waals surface area contributed by atoms with Gasteiger partial charge in [0.1, 0.15) is 6.04 Å². The highest BCUT2D eigenvalue weighted by Crippen LogP contribution is 2.36. The van der Waals surface area contributed by atoms with E-state index >= 15 is 0 Å². The van der Waals surface area contributed by atoms with E-state index in [1.165, 1.54) is 6.42 Å². The first kappa shape index (κ1) is 27.9. The van der Waals surface area contributed by atoms with Crippen LogP contribution in [0.4, 0.5) is 10.5 Å². The molecule has 38 heavy (non-hydrogen) atoms. The lowest BCUT2D eigenvalue weighted by Crippen LogP contribution is -2.52. The molecule has 1 atom stereocenters. The minimum absolute atomic E-state index is 0.131. The molecular formula is C29H42N4O5. The fourth-order valence-electron chi connectivity index (χ4n) is 6.15. The van der Waals surface area contributed by atoms with Gasteiger partial charge in [-0.25, -0.2) is 4.79 Å². The average molecular weight is 527 g/mol. The molecule has 0 spiro atoms. The zero-order valence-electron chi connectivity index (χ0n) is 23.0. The molecule has 1 unspecified atom stereocenters. The highest BCUT2D eigenvalue weighted by atomic mass is 16.6. The van der Waals surface area contributed by atoms with Crippen molar-refractivity contribution in [1.82, 2.24) is 15.1 Å². The molecule has 3 saturated heterocycles. The summed E-state index contributed by atoms with van der Waals surface area (Å²) in [5, 5.41) is 2.36. The SMILES string of the molecule is CCC.CCOC(=O)N1CCC(C2CCN(c3ccc4c(c3)CN(C3CCC(=O)NC3=O)C4=O)CC2)CC1. The van der Waals surface area contributed by atoms with Gasteiger partial charge in [0.15, 0.2) is 0 Å². The minimum Gasteiger partial charge on any atom is -0.450 e. The van der Waals surface area contributed by atoms with Gasteiger partial charge in [0.25, 0.3) is 5.91 Å². The van der Waals surface area contributed by atoms with E-state index in [1.807, 2.05) is 24.0 Å². The molecule has 4 amide bonds. The Morgan fingerprint density at radius 2 is 1.58 bits per heavy atom. The van der Waals surface area contributed by atoms with Crippen LogP contribution in [0.15, 0.2) is 18.2 Å². The fourth-order valence-corrected chi connectivity index (χ4v) is 6.15. The molecule has 1 N–H and O–H groups in total. The van der Waals surface area contributed by atoms with Crippen LogP contribution in [0.25, 0.3) is 0 Å². The Bertz CT molecular complexity index is 1030. The van der Waals surface area contributed by atoms with Crippen molar-refractivity contribution in [1.29, 1.82) is 0 Å². The van der Waals surface area contributed by atoms with Crippen LogP contribution in [0.3, 0.4) is 0 Å². The lowest BCUT2D eigenvalue weighted by Gasteiger charge is -2.40. The number of hydrogen-bond acceptors (Lipinski definition) is 6. The van der Waals surface area contributed by atoms with Gasteiger partial charge in [-0.05, 0) is 74.6 Å². The zero-order chi connectivity index (χ0) is 27.2. The summed E-state index contributed by atoms with van der Waals surface area (Å²) in [5.74, 6) is 0.550. The number of ether oxygens (including phenoxy) is 1. The van der Waals surface area contributed by atoms with Crippen LogP contribution >= 0.6 is 0 Å². The minimum atomic E-state index is -0.581. The van der Waals surface area contributed by atoms with Gasteiger partial charge < -0.3 is 19.4 Å². The highest BCUT2D eigenvalue weighted by molar-refractivity contribution is 6.05. The molecule has 0 aromatic heterocycles. The number of piperidine rings is 3. The summed E-state index contributed by atoms with van der Waals surface area (Å²) in [6, 6.07) is 5.41. The molecule has 0 aliphatic carbocycles. The van der Waals surface area contributed by atoms with Crippen LogP contribution in [0.1, 0.15) is 81.6 Å².